The molecule has 0 spiro atoms. The summed E-state index contributed by atoms with van der Waals surface area (Å²) in [7, 11) is 3.15. The van der Waals surface area contributed by atoms with Gasteiger partial charge >= 0.3 is 0 Å². The number of fused-ring (bicyclic) bond motifs is 1. The Morgan fingerprint density at radius 1 is 1.03 bits per heavy atom. The second-order valence-corrected chi connectivity index (χ2v) is 10.9. The average molecular weight is 538 g/mol. The minimum absolute atomic E-state index is 0.299. The van der Waals surface area contributed by atoms with Gasteiger partial charge in [0.2, 0.25) is 5.95 Å². The van der Waals surface area contributed by atoms with Crippen molar-refractivity contribution in [2.24, 2.45) is 5.92 Å². The monoisotopic (exact) mass is 537 g/mol. The predicted octanol–water partition coefficient (Wildman–Crippen LogP) is 3.81. The Bertz CT molecular complexity index is 1410. The van der Waals surface area contributed by atoms with Crippen LogP contribution in [0.2, 0.25) is 0 Å². The number of nitrogens with zero attached hydrogens (tertiary/aromatic N) is 3. The van der Waals surface area contributed by atoms with Crippen molar-refractivity contribution in [1.82, 2.24) is 15.0 Å². The molecule has 0 bridgehead atoms. The molecule has 10 nitrogen and oxygen atoms in total. The van der Waals surface area contributed by atoms with Crippen molar-refractivity contribution in [3.63, 3.8) is 0 Å². The number of para-hydroxylation sites is 1. The number of aliphatic hydroxyl groups excluding tert-OH is 2. The zero-order chi connectivity index (χ0) is 27.0. The number of aromatic nitrogens is 3. The Balaban J connectivity index is 1.52. The molecule has 38 heavy (non-hydrogen) atoms. The molecule has 0 radical (unpaired) electrons. The lowest BCUT2D eigenvalue weighted by Gasteiger charge is -2.28. The van der Waals surface area contributed by atoms with E-state index >= 15 is 0 Å². The molecule has 1 fully saturated rings. The number of thiazole rings is 1. The summed E-state index contributed by atoms with van der Waals surface area (Å²) in [6, 6.07) is 12.7. The summed E-state index contributed by atoms with van der Waals surface area (Å²) < 4.78 is 11.8. The number of anilines is 3. The van der Waals surface area contributed by atoms with Gasteiger partial charge in [-0.05, 0) is 44.5 Å². The maximum atomic E-state index is 10.8. The Labute approximate surface area is 224 Å². The van der Waals surface area contributed by atoms with E-state index in [9.17, 15) is 15.3 Å². The highest BCUT2D eigenvalue weighted by atomic mass is 32.1. The third-order valence-electron chi connectivity index (χ3n) is 6.88. The number of methoxy groups -OCH3 is 2. The first-order chi connectivity index (χ1) is 18.2. The molecular formula is C27H31N5O5S. The summed E-state index contributed by atoms with van der Waals surface area (Å²) >= 11 is 1.51. The Morgan fingerprint density at radius 2 is 1.82 bits per heavy atom. The summed E-state index contributed by atoms with van der Waals surface area (Å²) in [6.07, 6.45) is -0.148. The first-order valence-electron chi connectivity index (χ1n) is 12.2. The minimum Gasteiger partial charge on any atom is -0.497 e. The largest absolute Gasteiger partial charge is 0.497 e. The van der Waals surface area contributed by atoms with Crippen LogP contribution in [0.5, 0.6) is 11.5 Å². The molecule has 5 N–H and O–H groups in total. The summed E-state index contributed by atoms with van der Waals surface area (Å²) in [4.78, 5) is 14.0. The summed E-state index contributed by atoms with van der Waals surface area (Å²) in [6.45, 7) is 3.27. The van der Waals surface area contributed by atoms with Crippen molar-refractivity contribution in [1.29, 1.82) is 0 Å². The van der Waals surface area contributed by atoms with E-state index in [1.54, 1.807) is 52.5 Å². The molecule has 0 saturated heterocycles. The van der Waals surface area contributed by atoms with E-state index in [1.165, 1.54) is 11.3 Å². The number of aliphatic hydroxyl groups is 3. The fraction of sp³-hybridized carbons (Fsp3) is 0.370. The van der Waals surface area contributed by atoms with E-state index in [0.29, 0.717) is 45.9 Å². The maximum absolute atomic E-state index is 10.8. The topological polar surface area (TPSA) is 142 Å². The van der Waals surface area contributed by atoms with Crippen LogP contribution in [0.4, 0.5) is 17.5 Å². The third kappa shape index (κ3) is 5.10. The van der Waals surface area contributed by atoms with Gasteiger partial charge < -0.3 is 35.4 Å². The van der Waals surface area contributed by atoms with Crippen LogP contribution in [0, 0.1) is 5.92 Å². The predicted molar refractivity (Wildman–Crippen MR) is 147 cm³/mol. The zero-order valence-electron chi connectivity index (χ0n) is 21.5. The highest BCUT2D eigenvalue weighted by molar-refractivity contribution is 7.21. The molecule has 1 saturated carbocycles. The van der Waals surface area contributed by atoms with Crippen molar-refractivity contribution in [3.05, 3.63) is 48.7 Å². The maximum Gasteiger partial charge on any atom is 0.229 e. The second-order valence-electron chi connectivity index (χ2n) is 9.86. The quantitative estimate of drug-likeness (QED) is 0.225. The van der Waals surface area contributed by atoms with Crippen LogP contribution in [0.25, 0.3) is 20.8 Å². The van der Waals surface area contributed by atoms with E-state index < -0.39 is 29.8 Å². The summed E-state index contributed by atoms with van der Waals surface area (Å²) in [5.74, 6) is 1.44. The molecule has 2 heterocycles. The lowest BCUT2D eigenvalue weighted by Crippen LogP contribution is -2.40. The molecule has 2 aromatic heterocycles. The van der Waals surface area contributed by atoms with Gasteiger partial charge in [-0.2, -0.15) is 4.98 Å². The molecule has 200 valence electrons. The SMILES string of the molecule is COc1ccc(Nc2ncc(-c3nc4ccccc4s3)c(N[C@@H]3C[C@@H](C(C)(C)O)[C@@H](O)[C@H]3O)n2)c(OC)c1. The standard InChI is InChI=1S/C27H31N5O5S/c1-27(2,35)16-12-19(23(34)22(16)33)29-24-15(25-30-18-7-5-6-8-21(18)38-25)13-28-26(32-24)31-17-10-9-14(36-3)11-20(17)37-4/h5-11,13,16,19,22-23,33-35H,12H2,1-4H3,(H2,28,29,31,32)/t16-,19-,22-,23+/m1/s1. The van der Waals surface area contributed by atoms with Gasteiger partial charge in [0.1, 0.15) is 28.4 Å². The van der Waals surface area contributed by atoms with E-state index in [-0.39, 0.29) is 0 Å². The van der Waals surface area contributed by atoms with Crippen LogP contribution in [-0.2, 0) is 0 Å². The lowest BCUT2D eigenvalue weighted by molar-refractivity contribution is -0.0601. The summed E-state index contributed by atoms with van der Waals surface area (Å²) in [5, 5.41) is 39.2. The minimum atomic E-state index is -1.16. The Kier molecular flexibility index (Phi) is 7.10. The van der Waals surface area contributed by atoms with Crippen molar-refractivity contribution in [2.45, 2.75) is 44.1 Å². The molecular weight excluding hydrogens is 506 g/mol. The molecule has 11 heteroatoms. The van der Waals surface area contributed by atoms with Crippen LogP contribution < -0.4 is 20.1 Å². The highest BCUT2D eigenvalue weighted by Gasteiger charge is 2.47. The number of nitrogens with one attached hydrogen (secondary N) is 2. The van der Waals surface area contributed by atoms with Gasteiger partial charge in [-0.15, -0.1) is 11.3 Å². The Morgan fingerprint density at radius 3 is 2.50 bits per heavy atom. The summed E-state index contributed by atoms with van der Waals surface area (Å²) in [5.41, 5.74) is 1.01. The van der Waals surface area contributed by atoms with Crippen LogP contribution in [0.3, 0.4) is 0 Å². The Hall–Kier alpha value is -3.51. The van der Waals surface area contributed by atoms with Gasteiger partial charge in [0.25, 0.3) is 0 Å². The third-order valence-corrected chi connectivity index (χ3v) is 7.95. The molecule has 0 amide bonds. The normalized spacial score (nSPS) is 21.4. The second kappa shape index (κ2) is 10.3. The van der Waals surface area contributed by atoms with Gasteiger partial charge in [-0.25, -0.2) is 9.97 Å². The molecule has 5 rings (SSSR count). The van der Waals surface area contributed by atoms with E-state index in [1.807, 2.05) is 24.3 Å². The van der Waals surface area contributed by atoms with Crippen molar-refractivity contribution < 1.29 is 24.8 Å². The first kappa shape index (κ1) is 26.1. The van der Waals surface area contributed by atoms with Crippen LogP contribution >= 0.6 is 11.3 Å². The van der Waals surface area contributed by atoms with Gasteiger partial charge in [0.05, 0.1) is 53.4 Å². The number of hydrogen-bond acceptors (Lipinski definition) is 11. The number of rotatable bonds is 8. The fourth-order valence-electron chi connectivity index (χ4n) is 4.77. The van der Waals surface area contributed by atoms with Crippen LogP contribution in [-0.4, -0.2) is 68.3 Å². The highest BCUT2D eigenvalue weighted by Crippen LogP contribution is 2.39. The van der Waals surface area contributed by atoms with Crippen molar-refractivity contribution in [2.75, 3.05) is 24.9 Å². The lowest BCUT2D eigenvalue weighted by atomic mass is 9.88. The van der Waals surface area contributed by atoms with E-state index in [2.05, 4.69) is 15.6 Å². The zero-order valence-corrected chi connectivity index (χ0v) is 22.4. The van der Waals surface area contributed by atoms with Crippen LogP contribution in [0.1, 0.15) is 20.3 Å². The molecule has 4 aromatic rings. The number of benzene rings is 2. The number of ether oxygens (including phenoxy) is 2. The molecule has 2 aromatic carbocycles. The fourth-order valence-corrected chi connectivity index (χ4v) is 5.75. The van der Waals surface area contributed by atoms with Crippen molar-refractivity contribution >= 4 is 39.0 Å². The molecule has 4 atom stereocenters. The van der Waals surface area contributed by atoms with Gasteiger partial charge in [-0.3, -0.25) is 0 Å². The van der Waals surface area contributed by atoms with E-state index in [0.717, 1.165) is 10.2 Å². The molecule has 0 aliphatic heterocycles. The average Bonchev–Trinajstić information content (AvgIpc) is 3.45. The van der Waals surface area contributed by atoms with Gasteiger partial charge in [0, 0.05) is 18.2 Å². The molecule has 1 aliphatic rings. The van der Waals surface area contributed by atoms with Crippen molar-refractivity contribution in [3.8, 4) is 22.1 Å². The first-order valence-corrected chi connectivity index (χ1v) is 13.1. The number of hydrogen-bond donors (Lipinski definition) is 5. The van der Waals surface area contributed by atoms with Gasteiger partial charge in [0.15, 0.2) is 0 Å². The molecule has 1 aliphatic carbocycles. The van der Waals surface area contributed by atoms with Crippen LogP contribution in [0.15, 0.2) is 48.7 Å². The smallest absolute Gasteiger partial charge is 0.229 e. The molecule has 0 unspecified atom stereocenters. The van der Waals surface area contributed by atoms with Gasteiger partial charge in [-0.1, -0.05) is 12.1 Å². The van der Waals surface area contributed by atoms with E-state index in [4.69, 9.17) is 19.4 Å².